The molecule has 0 aromatic carbocycles. The Morgan fingerprint density at radius 2 is 2.26 bits per heavy atom. The molecule has 1 fully saturated rings. The third kappa shape index (κ3) is 3.06. The zero-order chi connectivity index (χ0) is 16.4. The van der Waals surface area contributed by atoms with Gasteiger partial charge in [0.05, 0.1) is 19.0 Å². The summed E-state index contributed by atoms with van der Waals surface area (Å²) in [6, 6.07) is 3.44. The fourth-order valence-electron chi connectivity index (χ4n) is 3.42. The minimum Gasteiger partial charge on any atom is -0.467 e. The van der Waals surface area contributed by atoms with Crippen LogP contribution in [0, 0.1) is 17.3 Å². The van der Waals surface area contributed by atoms with Gasteiger partial charge in [0.2, 0.25) is 0 Å². The molecule has 2 atom stereocenters. The topological polar surface area (TPSA) is 83.7 Å². The summed E-state index contributed by atoms with van der Waals surface area (Å²) in [5.74, 6) is 0.320. The molecule has 1 aromatic rings. The van der Waals surface area contributed by atoms with E-state index in [-0.39, 0.29) is 6.54 Å². The smallest absolute Gasteiger partial charge is 0.329 e. The van der Waals surface area contributed by atoms with Crippen LogP contribution in [0.1, 0.15) is 32.4 Å². The Balaban J connectivity index is 1.47. The van der Waals surface area contributed by atoms with Crippen LogP contribution in [0.25, 0.3) is 0 Å². The molecule has 3 aliphatic rings. The number of furan rings is 1. The van der Waals surface area contributed by atoms with Gasteiger partial charge in [0, 0.05) is 0 Å². The number of hydrogen-bond acceptors (Lipinski definition) is 4. The maximum absolute atomic E-state index is 11.7. The zero-order valence-corrected chi connectivity index (χ0v) is 13.3. The van der Waals surface area contributed by atoms with Gasteiger partial charge in [-0.25, -0.2) is 5.43 Å². The largest absolute Gasteiger partial charge is 0.467 e. The molecule has 2 unspecified atom stereocenters. The number of carbonyl (C=O) groups excluding carboxylic acids is 2. The molecule has 2 bridgehead atoms. The molecule has 122 valence electrons. The zero-order valence-electron chi connectivity index (χ0n) is 13.3. The normalized spacial score (nSPS) is 24.7. The lowest BCUT2D eigenvalue weighted by Gasteiger charge is -2.55. The summed E-state index contributed by atoms with van der Waals surface area (Å²) in [6.07, 6.45) is 7.59. The van der Waals surface area contributed by atoms with E-state index in [9.17, 15) is 9.59 Å². The molecule has 2 N–H and O–H groups in total. The highest BCUT2D eigenvalue weighted by atomic mass is 16.3. The maximum atomic E-state index is 11.7. The van der Waals surface area contributed by atoms with Crippen LogP contribution in [-0.4, -0.2) is 18.0 Å². The monoisotopic (exact) mass is 315 g/mol. The first-order chi connectivity index (χ1) is 11.0. The number of hydrogen-bond donors (Lipinski definition) is 2. The molecule has 0 spiro atoms. The Labute approximate surface area is 135 Å². The summed E-state index contributed by atoms with van der Waals surface area (Å²) in [5.41, 5.74) is 3.73. The lowest BCUT2D eigenvalue weighted by molar-refractivity contribution is -0.139. The van der Waals surface area contributed by atoms with Crippen molar-refractivity contribution in [2.24, 2.45) is 22.4 Å². The molecule has 0 radical (unpaired) electrons. The third-order valence-corrected chi connectivity index (χ3v) is 5.10. The number of allylic oxidation sites excluding steroid dienone is 2. The molecule has 1 saturated carbocycles. The van der Waals surface area contributed by atoms with E-state index in [0.717, 1.165) is 17.9 Å². The van der Waals surface area contributed by atoms with Crippen LogP contribution in [0.2, 0.25) is 0 Å². The number of fused-ring (bicyclic) bond motifs is 1. The predicted molar refractivity (Wildman–Crippen MR) is 85.3 cm³/mol. The first-order valence-corrected chi connectivity index (χ1v) is 7.82. The van der Waals surface area contributed by atoms with Crippen LogP contribution in [0.15, 0.2) is 39.6 Å². The number of hydrazone groups is 1. The summed E-state index contributed by atoms with van der Waals surface area (Å²) < 4.78 is 5.08. The quantitative estimate of drug-likeness (QED) is 0.506. The van der Waals surface area contributed by atoms with E-state index in [2.05, 4.69) is 35.8 Å². The Morgan fingerprint density at radius 1 is 1.43 bits per heavy atom. The molecule has 0 saturated heterocycles. The lowest BCUT2D eigenvalue weighted by atomic mass is 9.49. The number of amides is 2. The number of nitrogens with zero attached hydrogens (tertiary/aromatic N) is 1. The lowest BCUT2D eigenvalue weighted by Crippen LogP contribution is -2.48. The van der Waals surface area contributed by atoms with Crippen LogP contribution < -0.4 is 10.7 Å². The second kappa shape index (κ2) is 6.02. The van der Waals surface area contributed by atoms with E-state index in [0.29, 0.717) is 17.1 Å². The van der Waals surface area contributed by atoms with E-state index >= 15 is 0 Å². The number of carbonyl (C=O) groups is 2. The first-order valence-electron chi connectivity index (χ1n) is 7.82. The first kappa shape index (κ1) is 15.5. The molecule has 23 heavy (non-hydrogen) atoms. The Morgan fingerprint density at radius 3 is 2.91 bits per heavy atom. The van der Waals surface area contributed by atoms with E-state index in [1.54, 1.807) is 18.3 Å². The van der Waals surface area contributed by atoms with Gasteiger partial charge >= 0.3 is 11.8 Å². The summed E-state index contributed by atoms with van der Waals surface area (Å²) >= 11 is 0. The Kier molecular flexibility index (Phi) is 4.07. The highest BCUT2D eigenvalue weighted by Gasteiger charge is 2.50. The van der Waals surface area contributed by atoms with Gasteiger partial charge in [0.15, 0.2) is 0 Å². The molecule has 3 aliphatic carbocycles. The van der Waals surface area contributed by atoms with Crippen LogP contribution in [0.4, 0.5) is 0 Å². The van der Waals surface area contributed by atoms with Gasteiger partial charge in [0.25, 0.3) is 0 Å². The molecular weight excluding hydrogens is 294 g/mol. The van der Waals surface area contributed by atoms with Crippen LogP contribution >= 0.6 is 0 Å². The fourth-order valence-corrected chi connectivity index (χ4v) is 3.42. The van der Waals surface area contributed by atoms with Gasteiger partial charge in [-0.3, -0.25) is 9.59 Å². The minimum absolute atomic E-state index is 0.172. The Bertz CT molecular complexity index is 659. The number of rotatable bonds is 4. The minimum atomic E-state index is -0.782. The Hall–Kier alpha value is -2.37. The van der Waals surface area contributed by atoms with Gasteiger partial charge < -0.3 is 9.73 Å². The SMILES string of the molecule is CC1(C)C2CC=C(/C=N/NC(=O)C(=O)NCc3ccco3)C1C2. The van der Waals surface area contributed by atoms with Crippen molar-refractivity contribution in [2.45, 2.75) is 33.2 Å². The second-order valence-electron chi connectivity index (χ2n) is 6.71. The summed E-state index contributed by atoms with van der Waals surface area (Å²) in [7, 11) is 0. The van der Waals surface area contributed by atoms with Crippen molar-refractivity contribution in [2.75, 3.05) is 0 Å². The van der Waals surface area contributed by atoms with E-state index in [4.69, 9.17) is 4.42 Å². The van der Waals surface area contributed by atoms with Crippen LogP contribution in [0.3, 0.4) is 0 Å². The summed E-state index contributed by atoms with van der Waals surface area (Å²) in [5, 5.41) is 6.39. The van der Waals surface area contributed by atoms with Gasteiger partial charge in [-0.15, -0.1) is 0 Å². The highest BCUT2D eigenvalue weighted by molar-refractivity contribution is 6.35. The van der Waals surface area contributed by atoms with Gasteiger partial charge in [-0.2, -0.15) is 5.10 Å². The van der Waals surface area contributed by atoms with Gasteiger partial charge in [-0.05, 0) is 47.8 Å². The average Bonchev–Trinajstić information content (AvgIpc) is 3.05. The molecule has 6 nitrogen and oxygen atoms in total. The van der Waals surface area contributed by atoms with E-state index in [1.807, 2.05) is 0 Å². The van der Waals surface area contributed by atoms with Crippen molar-refractivity contribution in [3.8, 4) is 0 Å². The fraction of sp³-hybridized carbons (Fsp3) is 0.471. The van der Waals surface area contributed by atoms with Gasteiger partial charge in [0.1, 0.15) is 5.76 Å². The molecule has 4 rings (SSSR count). The predicted octanol–water partition coefficient (Wildman–Crippen LogP) is 1.99. The van der Waals surface area contributed by atoms with Crippen LogP contribution in [0.5, 0.6) is 0 Å². The van der Waals surface area contributed by atoms with Crippen molar-refractivity contribution in [1.29, 1.82) is 0 Å². The van der Waals surface area contributed by atoms with Gasteiger partial charge in [-0.1, -0.05) is 19.9 Å². The van der Waals surface area contributed by atoms with E-state index in [1.165, 1.54) is 12.7 Å². The maximum Gasteiger partial charge on any atom is 0.329 e. The van der Waals surface area contributed by atoms with E-state index < -0.39 is 11.8 Å². The van der Waals surface area contributed by atoms with Crippen molar-refractivity contribution >= 4 is 18.0 Å². The van der Waals surface area contributed by atoms with Crippen molar-refractivity contribution in [1.82, 2.24) is 10.7 Å². The molecule has 2 amide bonds. The third-order valence-electron chi connectivity index (χ3n) is 5.10. The molecule has 0 aliphatic heterocycles. The molecule has 6 heteroatoms. The highest BCUT2D eigenvalue weighted by Crippen LogP contribution is 2.58. The number of nitrogens with one attached hydrogen (secondary N) is 2. The standard InChI is InChI=1S/C17H21N3O3/c1-17(2)12-6-5-11(14(17)8-12)9-19-20-16(22)15(21)18-10-13-4-3-7-23-13/h3-5,7,9,12,14H,6,8,10H2,1-2H3,(H,18,21)(H,20,22)/b19-9+. The molecule has 1 aromatic heterocycles. The molecular formula is C17H21N3O3. The average molecular weight is 315 g/mol. The molecule has 1 heterocycles. The van der Waals surface area contributed by atoms with Crippen LogP contribution in [-0.2, 0) is 16.1 Å². The van der Waals surface area contributed by atoms with Crippen molar-refractivity contribution in [3.05, 3.63) is 35.8 Å². The summed E-state index contributed by atoms with van der Waals surface area (Å²) in [4.78, 5) is 23.3. The van der Waals surface area contributed by atoms with Crippen molar-refractivity contribution in [3.63, 3.8) is 0 Å². The summed E-state index contributed by atoms with van der Waals surface area (Å²) in [6.45, 7) is 4.71. The van der Waals surface area contributed by atoms with Crippen molar-refractivity contribution < 1.29 is 14.0 Å². The second-order valence-corrected chi connectivity index (χ2v) is 6.71.